The van der Waals surface area contributed by atoms with Crippen LogP contribution in [0.15, 0.2) is 18.2 Å². The first-order chi connectivity index (χ1) is 12.2. The third-order valence-electron chi connectivity index (χ3n) is 3.92. The summed E-state index contributed by atoms with van der Waals surface area (Å²) < 4.78 is 4.96. The lowest BCUT2D eigenvalue weighted by Gasteiger charge is -2.14. The predicted octanol–water partition coefficient (Wildman–Crippen LogP) is 2.01. The maximum absolute atomic E-state index is 12.5. The van der Waals surface area contributed by atoms with E-state index in [2.05, 4.69) is 5.32 Å². The summed E-state index contributed by atoms with van der Waals surface area (Å²) in [6.07, 6.45) is 0.714. The van der Waals surface area contributed by atoms with E-state index in [9.17, 15) is 19.2 Å². The number of ether oxygens (including phenoxy) is 1. The quantitative estimate of drug-likeness (QED) is 0.593. The number of carbonyl (C=O) groups excluding carboxylic acids is 4. The summed E-state index contributed by atoms with van der Waals surface area (Å²) in [5.74, 6) is -1.50. The Morgan fingerprint density at radius 2 is 1.73 bits per heavy atom. The minimum atomic E-state index is -0.715. The Hall–Kier alpha value is -2.70. The minimum absolute atomic E-state index is 0.0540. The molecule has 0 aromatic heterocycles. The van der Waals surface area contributed by atoms with Gasteiger partial charge in [0.15, 0.2) is 6.61 Å². The van der Waals surface area contributed by atoms with Gasteiger partial charge in [0.25, 0.3) is 17.7 Å². The van der Waals surface area contributed by atoms with E-state index in [4.69, 9.17) is 4.74 Å². The molecule has 1 aliphatic rings. The van der Waals surface area contributed by atoms with E-state index in [0.717, 1.165) is 0 Å². The molecule has 7 heteroatoms. The molecule has 0 aliphatic carbocycles. The molecule has 3 amide bonds. The molecule has 0 radical (unpaired) electrons. The third-order valence-corrected chi connectivity index (χ3v) is 3.92. The summed E-state index contributed by atoms with van der Waals surface area (Å²) in [7, 11) is 0. The molecule has 1 aromatic rings. The normalized spacial score (nSPS) is 13.4. The molecule has 140 valence electrons. The zero-order valence-corrected chi connectivity index (χ0v) is 15.5. The standard InChI is InChI=1S/C19H24N2O5/c1-11(2)7-8-21-17(23)14-6-5-13(9-15(14)18(21)24)19(25)26-10-16(22)20-12(3)4/h5-6,9,11-12H,7-8,10H2,1-4H3,(H,20,22). The summed E-state index contributed by atoms with van der Waals surface area (Å²) in [5.41, 5.74) is 0.612. The molecule has 0 atom stereocenters. The number of nitrogens with one attached hydrogen (secondary N) is 1. The summed E-state index contributed by atoms with van der Waals surface area (Å²) >= 11 is 0. The van der Waals surface area contributed by atoms with Gasteiger partial charge in [-0.15, -0.1) is 0 Å². The van der Waals surface area contributed by atoms with Crippen LogP contribution in [0.2, 0.25) is 0 Å². The number of hydrogen-bond acceptors (Lipinski definition) is 5. The molecule has 2 rings (SSSR count). The lowest BCUT2D eigenvalue weighted by Crippen LogP contribution is -2.34. The number of nitrogens with zero attached hydrogens (tertiary/aromatic N) is 1. The summed E-state index contributed by atoms with van der Waals surface area (Å²) in [4.78, 5) is 49.7. The van der Waals surface area contributed by atoms with Crippen molar-refractivity contribution in [1.82, 2.24) is 10.2 Å². The monoisotopic (exact) mass is 360 g/mol. The summed E-state index contributed by atoms with van der Waals surface area (Å²) in [5, 5.41) is 2.61. The van der Waals surface area contributed by atoms with Crippen LogP contribution in [0.5, 0.6) is 0 Å². The molecule has 1 aliphatic heterocycles. The van der Waals surface area contributed by atoms with E-state index in [1.54, 1.807) is 13.8 Å². The van der Waals surface area contributed by atoms with Crippen LogP contribution in [0.4, 0.5) is 0 Å². The number of esters is 1. The highest BCUT2D eigenvalue weighted by molar-refractivity contribution is 6.21. The molecule has 1 heterocycles. The smallest absolute Gasteiger partial charge is 0.338 e. The van der Waals surface area contributed by atoms with Crippen LogP contribution < -0.4 is 5.32 Å². The predicted molar refractivity (Wildman–Crippen MR) is 94.8 cm³/mol. The molecule has 0 saturated carbocycles. The topological polar surface area (TPSA) is 92.8 Å². The molecule has 26 heavy (non-hydrogen) atoms. The number of rotatable bonds is 7. The zero-order valence-electron chi connectivity index (χ0n) is 15.5. The number of hydrogen-bond donors (Lipinski definition) is 1. The van der Waals surface area contributed by atoms with Crippen molar-refractivity contribution in [3.8, 4) is 0 Å². The lowest BCUT2D eigenvalue weighted by molar-refractivity contribution is -0.124. The molecule has 7 nitrogen and oxygen atoms in total. The highest BCUT2D eigenvalue weighted by atomic mass is 16.5. The second-order valence-electron chi connectivity index (χ2n) is 7.00. The van der Waals surface area contributed by atoms with Crippen molar-refractivity contribution >= 4 is 23.7 Å². The number of benzene rings is 1. The average molecular weight is 360 g/mol. The third kappa shape index (κ3) is 4.47. The minimum Gasteiger partial charge on any atom is -0.452 e. The fourth-order valence-electron chi connectivity index (χ4n) is 2.59. The van der Waals surface area contributed by atoms with Gasteiger partial charge >= 0.3 is 5.97 Å². The van der Waals surface area contributed by atoms with Crippen LogP contribution in [-0.2, 0) is 9.53 Å². The lowest BCUT2D eigenvalue weighted by atomic mass is 10.1. The molecule has 0 unspecified atom stereocenters. The maximum Gasteiger partial charge on any atom is 0.338 e. The Labute approximate surface area is 152 Å². The van der Waals surface area contributed by atoms with E-state index in [-0.39, 0.29) is 28.6 Å². The van der Waals surface area contributed by atoms with Gasteiger partial charge in [0.1, 0.15) is 0 Å². The van der Waals surface area contributed by atoms with Crippen molar-refractivity contribution < 1.29 is 23.9 Å². The molecule has 1 aromatic carbocycles. The van der Waals surface area contributed by atoms with Gasteiger partial charge in [-0.2, -0.15) is 0 Å². The van der Waals surface area contributed by atoms with Gasteiger partial charge in [-0.3, -0.25) is 19.3 Å². The van der Waals surface area contributed by atoms with Crippen LogP contribution in [-0.4, -0.2) is 47.8 Å². The molecular weight excluding hydrogens is 336 g/mol. The Morgan fingerprint density at radius 3 is 2.35 bits per heavy atom. The molecule has 1 N–H and O–H groups in total. The van der Waals surface area contributed by atoms with Crippen LogP contribution in [0.25, 0.3) is 0 Å². The highest BCUT2D eigenvalue weighted by Gasteiger charge is 2.35. The second-order valence-corrected chi connectivity index (χ2v) is 7.00. The SMILES string of the molecule is CC(C)CCN1C(=O)c2ccc(C(=O)OCC(=O)NC(C)C)cc2C1=O. The largest absolute Gasteiger partial charge is 0.452 e. The second kappa shape index (κ2) is 8.12. The number of amides is 3. The first kappa shape index (κ1) is 19.6. The average Bonchev–Trinajstić information content (AvgIpc) is 2.80. The van der Waals surface area contributed by atoms with Gasteiger partial charge < -0.3 is 10.1 Å². The fraction of sp³-hybridized carbons (Fsp3) is 0.474. The zero-order chi connectivity index (χ0) is 19.4. The van der Waals surface area contributed by atoms with Gasteiger partial charge in [-0.1, -0.05) is 13.8 Å². The Bertz CT molecular complexity index is 739. The van der Waals surface area contributed by atoms with Gasteiger partial charge in [0, 0.05) is 12.6 Å². The first-order valence-electron chi connectivity index (χ1n) is 8.67. The maximum atomic E-state index is 12.5. The van der Waals surface area contributed by atoms with Gasteiger partial charge in [0.2, 0.25) is 0 Å². The van der Waals surface area contributed by atoms with E-state index in [1.165, 1.54) is 23.1 Å². The molecule has 0 fully saturated rings. The molecule has 0 saturated heterocycles. The van der Waals surface area contributed by atoms with Crippen molar-refractivity contribution in [1.29, 1.82) is 0 Å². The van der Waals surface area contributed by atoms with E-state index < -0.39 is 24.4 Å². The van der Waals surface area contributed by atoms with Crippen molar-refractivity contribution in [3.05, 3.63) is 34.9 Å². The van der Waals surface area contributed by atoms with E-state index >= 15 is 0 Å². The Morgan fingerprint density at radius 1 is 1.08 bits per heavy atom. The molecule has 0 spiro atoms. The van der Waals surface area contributed by atoms with Gasteiger partial charge in [0.05, 0.1) is 16.7 Å². The van der Waals surface area contributed by atoms with Gasteiger partial charge in [-0.25, -0.2) is 4.79 Å². The van der Waals surface area contributed by atoms with Crippen molar-refractivity contribution in [2.24, 2.45) is 5.92 Å². The Kier molecular flexibility index (Phi) is 6.13. The molecular formula is C19H24N2O5. The molecule has 0 bridgehead atoms. The highest BCUT2D eigenvalue weighted by Crippen LogP contribution is 2.25. The van der Waals surface area contributed by atoms with Crippen LogP contribution in [0.1, 0.15) is 65.2 Å². The number of imide groups is 1. The van der Waals surface area contributed by atoms with Crippen LogP contribution in [0, 0.1) is 5.92 Å². The van der Waals surface area contributed by atoms with Crippen molar-refractivity contribution in [2.45, 2.75) is 40.2 Å². The van der Waals surface area contributed by atoms with Gasteiger partial charge in [-0.05, 0) is 44.4 Å². The fourth-order valence-corrected chi connectivity index (χ4v) is 2.59. The van der Waals surface area contributed by atoms with Crippen LogP contribution in [0.3, 0.4) is 0 Å². The van der Waals surface area contributed by atoms with E-state index in [1.807, 2.05) is 13.8 Å². The van der Waals surface area contributed by atoms with E-state index in [0.29, 0.717) is 18.9 Å². The Balaban J connectivity index is 2.08. The number of carbonyl (C=O) groups is 4. The van der Waals surface area contributed by atoms with Crippen LogP contribution >= 0.6 is 0 Å². The first-order valence-corrected chi connectivity index (χ1v) is 8.67. The van der Waals surface area contributed by atoms with Crippen molar-refractivity contribution in [2.75, 3.05) is 13.2 Å². The number of fused-ring (bicyclic) bond motifs is 1. The van der Waals surface area contributed by atoms with Crippen molar-refractivity contribution in [3.63, 3.8) is 0 Å². The summed E-state index contributed by atoms with van der Waals surface area (Å²) in [6.45, 7) is 7.58. The summed E-state index contributed by atoms with van der Waals surface area (Å²) in [6, 6.07) is 4.18.